The van der Waals surface area contributed by atoms with Crippen molar-refractivity contribution in [3.8, 4) is 6.07 Å². The van der Waals surface area contributed by atoms with Crippen LogP contribution in [0.4, 0.5) is 0 Å². The van der Waals surface area contributed by atoms with E-state index < -0.39 is 0 Å². The van der Waals surface area contributed by atoms with Gasteiger partial charge in [-0.15, -0.1) is 0 Å². The van der Waals surface area contributed by atoms with Crippen LogP contribution in [-0.4, -0.2) is 4.57 Å². The van der Waals surface area contributed by atoms with Crippen LogP contribution >= 0.6 is 15.9 Å². The standard InChI is InChI=1S/C10H7BrN2/c11-9-2-1-3-10-8(9)4-6-13(10)7-5-12/h1-4,6H,7H2. The number of fused-ring (bicyclic) bond motifs is 1. The number of nitrogens with zero attached hydrogens (tertiary/aromatic N) is 2. The van der Waals surface area contributed by atoms with Crippen molar-refractivity contribution in [3.63, 3.8) is 0 Å². The molecule has 1 heterocycles. The summed E-state index contributed by atoms with van der Waals surface area (Å²) in [5.41, 5.74) is 1.09. The molecule has 0 spiro atoms. The third-order valence-corrected chi connectivity index (χ3v) is 2.69. The molecule has 1 aromatic heterocycles. The lowest BCUT2D eigenvalue weighted by atomic mass is 10.2. The van der Waals surface area contributed by atoms with Crippen molar-refractivity contribution in [2.24, 2.45) is 0 Å². The Morgan fingerprint density at radius 1 is 1.38 bits per heavy atom. The van der Waals surface area contributed by atoms with Gasteiger partial charge < -0.3 is 4.57 Å². The van der Waals surface area contributed by atoms with Crippen LogP contribution in [0.1, 0.15) is 0 Å². The fraction of sp³-hybridized carbons (Fsp3) is 0.100. The van der Waals surface area contributed by atoms with E-state index in [9.17, 15) is 0 Å². The molecule has 2 nitrogen and oxygen atoms in total. The third kappa shape index (κ3) is 1.34. The summed E-state index contributed by atoms with van der Waals surface area (Å²) in [6.45, 7) is 0.403. The Labute approximate surface area is 84.5 Å². The van der Waals surface area contributed by atoms with E-state index in [0.717, 1.165) is 15.4 Å². The summed E-state index contributed by atoms with van der Waals surface area (Å²) in [7, 11) is 0. The number of halogens is 1. The van der Waals surface area contributed by atoms with Crippen LogP contribution in [0.15, 0.2) is 34.9 Å². The minimum absolute atomic E-state index is 0.403. The van der Waals surface area contributed by atoms with Gasteiger partial charge in [-0.25, -0.2) is 0 Å². The highest BCUT2D eigenvalue weighted by molar-refractivity contribution is 9.10. The zero-order chi connectivity index (χ0) is 9.26. The molecule has 1 aromatic carbocycles. The van der Waals surface area contributed by atoms with Crippen LogP contribution in [0.5, 0.6) is 0 Å². The predicted molar refractivity (Wildman–Crippen MR) is 55.3 cm³/mol. The van der Waals surface area contributed by atoms with E-state index in [2.05, 4.69) is 22.0 Å². The molecule has 0 aliphatic rings. The molecular formula is C10H7BrN2. The highest BCUT2D eigenvalue weighted by atomic mass is 79.9. The van der Waals surface area contributed by atoms with Gasteiger partial charge in [0.05, 0.1) is 11.6 Å². The molecule has 0 saturated carbocycles. The fourth-order valence-corrected chi connectivity index (χ4v) is 1.89. The second kappa shape index (κ2) is 3.23. The predicted octanol–water partition coefficient (Wildman–Crippen LogP) is 2.93. The summed E-state index contributed by atoms with van der Waals surface area (Å²) >= 11 is 3.47. The summed E-state index contributed by atoms with van der Waals surface area (Å²) in [4.78, 5) is 0. The molecule has 13 heavy (non-hydrogen) atoms. The Kier molecular flexibility index (Phi) is 2.07. The topological polar surface area (TPSA) is 28.7 Å². The molecular weight excluding hydrogens is 228 g/mol. The van der Waals surface area contributed by atoms with Gasteiger partial charge in [0.25, 0.3) is 0 Å². The van der Waals surface area contributed by atoms with E-state index in [-0.39, 0.29) is 0 Å². The van der Waals surface area contributed by atoms with E-state index in [1.165, 1.54) is 0 Å². The van der Waals surface area contributed by atoms with Crippen molar-refractivity contribution in [1.82, 2.24) is 4.57 Å². The first-order valence-corrected chi connectivity index (χ1v) is 4.72. The van der Waals surface area contributed by atoms with Gasteiger partial charge in [-0.3, -0.25) is 0 Å². The average Bonchev–Trinajstić information content (AvgIpc) is 2.51. The minimum atomic E-state index is 0.403. The van der Waals surface area contributed by atoms with Gasteiger partial charge in [-0.05, 0) is 18.2 Å². The number of benzene rings is 1. The number of rotatable bonds is 1. The van der Waals surface area contributed by atoms with Crippen LogP contribution in [0, 0.1) is 11.3 Å². The van der Waals surface area contributed by atoms with Gasteiger partial charge in [0.1, 0.15) is 6.54 Å². The molecule has 0 unspecified atom stereocenters. The fourth-order valence-electron chi connectivity index (χ4n) is 1.40. The molecule has 0 atom stereocenters. The van der Waals surface area contributed by atoms with Crippen molar-refractivity contribution < 1.29 is 0 Å². The summed E-state index contributed by atoms with van der Waals surface area (Å²) in [6, 6.07) is 10.1. The maximum absolute atomic E-state index is 8.58. The lowest BCUT2D eigenvalue weighted by Gasteiger charge is -1.98. The highest BCUT2D eigenvalue weighted by Gasteiger charge is 2.01. The average molecular weight is 235 g/mol. The second-order valence-corrected chi connectivity index (χ2v) is 3.63. The van der Waals surface area contributed by atoms with Crippen molar-refractivity contribution >= 4 is 26.8 Å². The largest absolute Gasteiger partial charge is 0.334 e. The smallest absolute Gasteiger partial charge is 0.110 e. The van der Waals surface area contributed by atoms with Crippen molar-refractivity contribution in [2.45, 2.75) is 6.54 Å². The monoisotopic (exact) mass is 234 g/mol. The number of nitriles is 1. The van der Waals surface area contributed by atoms with Gasteiger partial charge in [0.15, 0.2) is 0 Å². The van der Waals surface area contributed by atoms with Crippen molar-refractivity contribution in [2.75, 3.05) is 0 Å². The molecule has 0 aliphatic heterocycles. The zero-order valence-corrected chi connectivity index (χ0v) is 8.45. The molecule has 0 saturated heterocycles. The summed E-state index contributed by atoms with van der Waals surface area (Å²) in [5, 5.41) is 9.73. The quantitative estimate of drug-likeness (QED) is 0.746. The normalized spacial score (nSPS) is 10.2. The Hall–Kier alpha value is -1.27. The van der Waals surface area contributed by atoms with Crippen LogP contribution in [-0.2, 0) is 6.54 Å². The van der Waals surface area contributed by atoms with E-state index in [4.69, 9.17) is 5.26 Å². The van der Waals surface area contributed by atoms with E-state index in [1.54, 1.807) is 0 Å². The molecule has 0 N–H and O–H groups in total. The number of hydrogen-bond acceptors (Lipinski definition) is 1. The zero-order valence-electron chi connectivity index (χ0n) is 6.87. The molecule has 0 amide bonds. The molecule has 0 radical (unpaired) electrons. The first kappa shape index (κ1) is 8.33. The van der Waals surface area contributed by atoms with Crippen molar-refractivity contribution in [3.05, 3.63) is 34.9 Å². The summed E-state index contributed by atoms with van der Waals surface area (Å²) in [6.07, 6.45) is 1.93. The Bertz CT molecular complexity index is 479. The molecule has 0 fully saturated rings. The van der Waals surface area contributed by atoms with Crippen molar-refractivity contribution in [1.29, 1.82) is 5.26 Å². The van der Waals surface area contributed by atoms with Crippen LogP contribution in [0.3, 0.4) is 0 Å². The minimum Gasteiger partial charge on any atom is -0.334 e. The summed E-state index contributed by atoms with van der Waals surface area (Å²) < 4.78 is 3.00. The Balaban J connectivity index is 2.70. The highest BCUT2D eigenvalue weighted by Crippen LogP contribution is 2.24. The van der Waals surface area contributed by atoms with Gasteiger partial charge >= 0.3 is 0 Å². The lowest BCUT2D eigenvalue weighted by molar-refractivity contribution is 0.874. The van der Waals surface area contributed by atoms with Gasteiger partial charge in [-0.1, -0.05) is 22.0 Å². The Morgan fingerprint density at radius 3 is 3.00 bits per heavy atom. The number of hydrogen-bond donors (Lipinski definition) is 0. The van der Waals surface area contributed by atoms with Crippen LogP contribution in [0.25, 0.3) is 10.9 Å². The molecule has 0 aliphatic carbocycles. The van der Waals surface area contributed by atoms with Crippen LogP contribution < -0.4 is 0 Å². The second-order valence-electron chi connectivity index (χ2n) is 2.77. The maximum Gasteiger partial charge on any atom is 0.110 e. The van der Waals surface area contributed by atoms with E-state index >= 15 is 0 Å². The van der Waals surface area contributed by atoms with Crippen LogP contribution in [0.2, 0.25) is 0 Å². The van der Waals surface area contributed by atoms with Gasteiger partial charge in [-0.2, -0.15) is 5.26 Å². The molecule has 0 bridgehead atoms. The number of aromatic nitrogens is 1. The van der Waals surface area contributed by atoms with E-state index in [0.29, 0.717) is 6.54 Å². The van der Waals surface area contributed by atoms with Gasteiger partial charge in [0.2, 0.25) is 0 Å². The molecule has 64 valence electrons. The SMILES string of the molecule is N#CCn1ccc2c(Br)cccc21. The lowest BCUT2D eigenvalue weighted by Crippen LogP contribution is -1.91. The Morgan fingerprint density at radius 2 is 2.23 bits per heavy atom. The summed E-state index contributed by atoms with van der Waals surface area (Å²) in [5.74, 6) is 0. The van der Waals surface area contributed by atoms with E-state index in [1.807, 2.05) is 35.0 Å². The third-order valence-electron chi connectivity index (χ3n) is 2.00. The first-order chi connectivity index (χ1) is 6.33. The van der Waals surface area contributed by atoms with Gasteiger partial charge in [0, 0.05) is 16.1 Å². The maximum atomic E-state index is 8.58. The first-order valence-electron chi connectivity index (χ1n) is 3.93. The molecule has 2 rings (SSSR count). The molecule has 2 aromatic rings. The molecule has 3 heteroatoms.